The highest BCUT2D eigenvalue weighted by Crippen LogP contribution is 2.07. The first-order valence-corrected chi connectivity index (χ1v) is 6.31. The molecule has 0 unspecified atom stereocenters. The van der Waals surface area contributed by atoms with E-state index in [0.29, 0.717) is 0 Å². The van der Waals surface area contributed by atoms with E-state index in [-0.39, 0.29) is 0 Å². The summed E-state index contributed by atoms with van der Waals surface area (Å²) in [4.78, 5) is 4.22. The number of imidazole rings is 1. The maximum atomic E-state index is 4.22. The second-order valence-corrected chi connectivity index (χ2v) is 4.37. The van der Waals surface area contributed by atoms with Gasteiger partial charge < -0.3 is 4.57 Å². The predicted molar refractivity (Wildman–Crippen MR) is 65.0 cm³/mol. The largest absolute Gasteiger partial charge is 0.337 e. The summed E-state index contributed by atoms with van der Waals surface area (Å²) in [7, 11) is 0. The van der Waals surface area contributed by atoms with E-state index in [0.717, 1.165) is 12.2 Å². The molecule has 0 saturated carbocycles. The Morgan fingerprint density at radius 3 is 2.33 bits per heavy atom. The first kappa shape index (κ1) is 12.3. The van der Waals surface area contributed by atoms with Crippen LogP contribution < -0.4 is 0 Å². The van der Waals surface area contributed by atoms with Gasteiger partial charge in [0.05, 0.1) is 12.0 Å². The van der Waals surface area contributed by atoms with Crippen LogP contribution in [-0.4, -0.2) is 9.55 Å². The topological polar surface area (TPSA) is 17.8 Å². The molecule has 0 amide bonds. The molecule has 0 aliphatic rings. The molecule has 15 heavy (non-hydrogen) atoms. The van der Waals surface area contributed by atoms with Crippen molar-refractivity contribution in [2.75, 3.05) is 0 Å². The lowest BCUT2D eigenvalue weighted by Crippen LogP contribution is -1.94. The average molecular weight is 208 g/mol. The number of aromatic nitrogens is 2. The molecule has 0 bridgehead atoms. The Labute approximate surface area is 93.7 Å². The maximum Gasteiger partial charge on any atom is 0.0949 e. The van der Waals surface area contributed by atoms with Gasteiger partial charge in [0.1, 0.15) is 0 Å². The normalized spacial score (nSPS) is 10.8. The first-order chi connectivity index (χ1) is 7.33. The molecule has 0 atom stereocenters. The molecule has 0 aromatic carbocycles. The standard InChI is InChI=1S/C13H24N2/c1-3-4-5-6-7-8-9-10-15-11-13(2)14-12-15/h11-12H,3-10H2,1-2H3. The Kier molecular flexibility index (Phi) is 6.14. The van der Waals surface area contributed by atoms with Crippen molar-refractivity contribution in [3.05, 3.63) is 18.2 Å². The van der Waals surface area contributed by atoms with Crippen molar-refractivity contribution < 1.29 is 0 Å². The van der Waals surface area contributed by atoms with E-state index in [2.05, 4.69) is 22.7 Å². The highest BCUT2D eigenvalue weighted by atomic mass is 15.0. The minimum Gasteiger partial charge on any atom is -0.337 e. The quantitative estimate of drug-likeness (QED) is 0.592. The van der Waals surface area contributed by atoms with Crippen molar-refractivity contribution in [3.63, 3.8) is 0 Å². The molecule has 0 spiro atoms. The third-order valence-corrected chi connectivity index (χ3v) is 2.78. The lowest BCUT2D eigenvalue weighted by atomic mass is 10.1. The first-order valence-electron chi connectivity index (χ1n) is 6.31. The number of hydrogen-bond acceptors (Lipinski definition) is 1. The molecule has 0 aliphatic heterocycles. The van der Waals surface area contributed by atoms with Crippen LogP contribution in [-0.2, 0) is 6.54 Å². The van der Waals surface area contributed by atoms with Gasteiger partial charge in [-0.05, 0) is 13.3 Å². The number of nitrogens with zero attached hydrogens (tertiary/aromatic N) is 2. The second kappa shape index (κ2) is 7.49. The molecule has 2 heteroatoms. The van der Waals surface area contributed by atoms with Crippen LogP contribution in [0.3, 0.4) is 0 Å². The zero-order valence-corrected chi connectivity index (χ0v) is 10.2. The molecule has 1 heterocycles. The van der Waals surface area contributed by atoms with Crippen molar-refractivity contribution in [2.45, 2.75) is 65.3 Å². The lowest BCUT2D eigenvalue weighted by Gasteiger charge is -2.02. The summed E-state index contributed by atoms with van der Waals surface area (Å²) < 4.78 is 2.20. The van der Waals surface area contributed by atoms with Gasteiger partial charge in [0, 0.05) is 12.7 Å². The van der Waals surface area contributed by atoms with Crippen LogP contribution in [0.25, 0.3) is 0 Å². The van der Waals surface area contributed by atoms with E-state index in [1.807, 2.05) is 13.3 Å². The van der Waals surface area contributed by atoms with Crippen molar-refractivity contribution in [2.24, 2.45) is 0 Å². The molecule has 86 valence electrons. The van der Waals surface area contributed by atoms with Gasteiger partial charge in [-0.1, -0.05) is 45.4 Å². The fourth-order valence-corrected chi connectivity index (χ4v) is 1.85. The third-order valence-electron chi connectivity index (χ3n) is 2.78. The van der Waals surface area contributed by atoms with Crippen LogP contribution >= 0.6 is 0 Å². The summed E-state index contributed by atoms with van der Waals surface area (Å²) in [5, 5.41) is 0. The van der Waals surface area contributed by atoms with E-state index < -0.39 is 0 Å². The van der Waals surface area contributed by atoms with Crippen molar-refractivity contribution in [1.29, 1.82) is 0 Å². The molecule has 0 radical (unpaired) electrons. The van der Waals surface area contributed by atoms with Crippen LogP contribution in [0.2, 0.25) is 0 Å². The average Bonchev–Trinajstić information content (AvgIpc) is 2.63. The molecule has 2 nitrogen and oxygen atoms in total. The molecule has 0 N–H and O–H groups in total. The summed E-state index contributed by atoms with van der Waals surface area (Å²) in [5.41, 5.74) is 1.12. The highest BCUT2D eigenvalue weighted by Gasteiger charge is 1.94. The molecule has 1 aromatic rings. The van der Waals surface area contributed by atoms with E-state index >= 15 is 0 Å². The van der Waals surface area contributed by atoms with Gasteiger partial charge in [0.15, 0.2) is 0 Å². The molecule has 1 aromatic heterocycles. The van der Waals surface area contributed by atoms with E-state index in [1.54, 1.807) is 0 Å². The van der Waals surface area contributed by atoms with Crippen LogP contribution in [0, 0.1) is 6.92 Å². The molecular formula is C13H24N2. The minimum absolute atomic E-state index is 1.12. The van der Waals surface area contributed by atoms with E-state index in [4.69, 9.17) is 0 Å². The summed E-state index contributed by atoms with van der Waals surface area (Å²) in [5.74, 6) is 0. The van der Waals surface area contributed by atoms with Crippen LogP contribution in [0.15, 0.2) is 12.5 Å². The summed E-state index contributed by atoms with van der Waals surface area (Å²) in [6.07, 6.45) is 13.7. The Bertz CT molecular complexity index is 253. The van der Waals surface area contributed by atoms with Crippen LogP contribution in [0.4, 0.5) is 0 Å². The van der Waals surface area contributed by atoms with Crippen LogP contribution in [0.5, 0.6) is 0 Å². The van der Waals surface area contributed by atoms with Crippen molar-refractivity contribution >= 4 is 0 Å². The molecule has 0 fully saturated rings. The smallest absolute Gasteiger partial charge is 0.0949 e. The van der Waals surface area contributed by atoms with Crippen molar-refractivity contribution in [1.82, 2.24) is 9.55 Å². The van der Waals surface area contributed by atoms with Gasteiger partial charge in [-0.15, -0.1) is 0 Å². The van der Waals surface area contributed by atoms with Gasteiger partial charge >= 0.3 is 0 Å². The van der Waals surface area contributed by atoms with Crippen molar-refractivity contribution in [3.8, 4) is 0 Å². The Hall–Kier alpha value is -0.790. The number of aryl methyl sites for hydroxylation is 2. The Balaban J connectivity index is 1.93. The number of unbranched alkanes of at least 4 members (excludes halogenated alkanes) is 6. The zero-order valence-electron chi connectivity index (χ0n) is 10.2. The molecular weight excluding hydrogens is 184 g/mol. The Morgan fingerprint density at radius 2 is 1.73 bits per heavy atom. The summed E-state index contributed by atoms with van der Waals surface area (Å²) in [6.45, 7) is 5.44. The summed E-state index contributed by atoms with van der Waals surface area (Å²) >= 11 is 0. The summed E-state index contributed by atoms with van der Waals surface area (Å²) in [6, 6.07) is 0. The molecule has 0 saturated heterocycles. The molecule has 0 aliphatic carbocycles. The monoisotopic (exact) mass is 208 g/mol. The Morgan fingerprint density at radius 1 is 1.07 bits per heavy atom. The zero-order chi connectivity index (χ0) is 10.9. The fraction of sp³-hybridized carbons (Fsp3) is 0.769. The highest BCUT2D eigenvalue weighted by molar-refractivity contribution is 4.91. The maximum absolute atomic E-state index is 4.22. The number of rotatable bonds is 8. The predicted octanol–water partition coefficient (Wildman–Crippen LogP) is 3.94. The van der Waals surface area contributed by atoms with Gasteiger partial charge in [0.2, 0.25) is 0 Å². The molecule has 1 rings (SSSR count). The van der Waals surface area contributed by atoms with E-state index in [9.17, 15) is 0 Å². The van der Waals surface area contributed by atoms with Crippen LogP contribution in [0.1, 0.15) is 57.6 Å². The van der Waals surface area contributed by atoms with Gasteiger partial charge in [-0.3, -0.25) is 0 Å². The SMILES string of the molecule is CCCCCCCCCn1cnc(C)c1. The van der Waals surface area contributed by atoms with E-state index in [1.165, 1.54) is 44.9 Å². The minimum atomic E-state index is 1.12. The second-order valence-electron chi connectivity index (χ2n) is 4.37. The fourth-order valence-electron chi connectivity index (χ4n) is 1.85. The van der Waals surface area contributed by atoms with Gasteiger partial charge in [-0.2, -0.15) is 0 Å². The lowest BCUT2D eigenvalue weighted by molar-refractivity contribution is 0.550. The van der Waals surface area contributed by atoms with Gasteiger partial charge in [-0.25, -0.2) is 4.98 Å². The number of hydrogen-bond donors (Lipinski definition) is 0. The van der Waals surface area contributed by atoms with Gasteiger partial charge in [0.25, 0.3) is 0 Å². The third kappa shape index (κ3) is 5.60.